The van der Waals surface area contributed by atoms with E-state index in [0.29, 0.717) is 31.3 Å². The standard InChI is InChI=1S/C20H20N2O5/c23-19(21-13-20(7-4-8-20)14-5-2-1-3-6-14)15-11-17-18(27-10-9-26-17)12-16(15)22(24)25/h1-3,5-6,11-12H,4,7-10,13H2,(H,21,23). The Hall–Kier alpha value is -3.09. The van der Waals surface area contributed by atoms with E-state index in [-0.39, 0.29) is 16.7 Å². The summed E-state index contributed by atoms with van der Waals surface area (Å²) in [5, 5.41) is 14.3. The molecular formula is C20H20N2O5. The van der Waals surface area contributed by atoms with E-state index in [1.807, 2.05) is 18.2 Å². The highest BCUT2D eigenvalue weighted by Gasteiger charge is 2.39. The van der Waals surface area contributed by atoms with Crippen LogP contribution in [-0.2, 0) is 5.41 Å². The summed E-state index contributed by atoms with van der Waals surface area (Å²) in [6, 6.07) is 12.7. The summed E-state index contributed by atoms with van der Waals surface area (Å²) >= 11 is 0. The van der Waals surface area contributed by atoms with Crippen LogP contribution in [0.2, 0.25) is 0 Å². The molecular weight excluding hydrogens is 348 g/mol. The first-order valence-corrected chi connectivity index (χ1v) is 9.01. The fourth-order valence-corrected chi connectivity index (χ4v) is 3.72. The van der Waals surface area contributed by atoms with Crippen molar-refractivity contribution >= 4 is 11.6 Å². The maximum atomic E-state index is 12.8. The molecule has 2 aromatic carbocycles. The van der Waals surface area contributed by atoms with Crippen LogP contribution in [-0.4, -0.2) is 30.6 Å². The van der Waals surface area contributed by atoms with Crippen LogP contribution >= 0.6 is 0 Å². The lowest BCUT2D eigenvalue weighted by Crippen LogP contribution is -2.45. The van der Waals surface area contributed by atoms with E-state index in [1.165, 1.54) is 17.7 Å². The van der Waals surface area contributed by atoms with Gasteiger partial charge in [-0.3, -0.25) is 14.9 Å². The van der Waals surface area contributed by atoms with Gasteiger partial charge >= 0.3 is 0 Å². The Balaban J connectivity index is 1.57. The zero-order chi connectivity index (χ0) is 18.9. The number of hydrogen-bond acceptors (Lipinski definition) is 5. The lowest BCUT2D eigenvalue weighted by molar-refractivity contribution is -0.385. The molecule has 140 valence electrons. The van der Waals surface area contributed by atoms with Gasteiger partial charge in [-0.15, -0.1) is 0 Å². The monoisotopic (exact) mass is 368 g/mol. The number of carbonyl (C=O) groups is 1. The number of nitro groups is 1. The maximum absolute atomic E-state index is 12.8. The zero-order valence-electron chi connectivity index (χ0n) is 14.8. The van der Waals surface area contributed by atoms with Gasteiger partial charge in [-0.2, -0.15) is 0 Å². The molecule has 0 unspecified atom stereocenters. The smallest absolute Gasteiger partial charge is 0.286 e. The minimum Gasteiger partial charge on any atom is -0.486 e. The second kappa shape index (κ2) is 6.90. The van der Waals surface area contributed by atoms with E-state index in [4.69, 9.17) is 9.47 Å². The van der Waals surface area contributed by atoms with Crippen molar-refractivity contribution in [2.24, 2.45) is 0 Å². The van der Waals surface area contributed by atoms with Crippen molar-refractivity contribution in [3.63, 3.8) is 0 Å². The quantitative estimate of drug-likeness (QED) is 0.646. The first-order valence-electron chi connectivity index (χ1n) is 9.01. The van der Waals surface area contributed by atoms with Crippen molar-refractivity contribution < 1.29 is 19.2 Å². The molecule has 27 heavy (non-hydrogen) atoms. The highest BCUT2D eigenvalue weighted by molar-refractivity contribution is 5.99. The van der Waals surface area contributed by atoms with Crippen LogP contribution in [0.25, 0.3) is 0 Å². The molecule has 1 fully saturated rings. The third-order valence-electron chi connectivity index (χ3n) is 5.39. The normalized spacial score (nSPS) is 16.9. The van der Waals surface area contributed by atoms with Crippen LogP contribution in [0.1, 0.15) is 35.2 Å². The fraction of sp³-hybridized carbons (Fsp3) is 0.350. The number of fused-ring (bicyclic) bond motifs is 1. The Morgan fingerprint density at radius 2 is 1.78 bits per heavy atom. The molecule has 2 aliphatic rings. The van der Waals surface area contributed by atoms with Crippen LogP contribution in [0.4, 0.5) is 5.69 Å². The molecule has 1 heterocycles. The number of benzene rings is 2. The van der Waals surface area contributed by atoms with Crippen molar-refractivity contribution in [1.82, 2.24) is 5.32 Å². The van der Waals surface area contributed by atoms with Crippen LogP contribution < -0.4 is 14.8 Å². The molecule has 4 rings (SSSR count). The van der Waals surface area contributed by atoms with Gasteiger partial charge in [0.15, 0.2) is 11.5 Å². The molecule has 7 heteroatoms. The van der Waals surface area contributed by atoms with Gasteiger partial charge in [0.2, 0.25) is 0 Å². The molecule has 1 N–H and O–H groups in total. The van der Waals surface area contributed by atoms with Gasteiger partial charge in [-0.05, 0) is 18.4 Å². The van der Waals surface area contributed by atoms with Gasteiger partial charge in [-0.1, -0.05) is 36.8 Å². The molecule has 0 spiro atoms. The van der Waals surface area contributed by atoms with E-state index in [2.05, 4.69) is 17.4 Å². The van der Waals surface area contributed by atoms with E-state index in [1.54, 1.807) is 0 Å². The van der Waals surface area contributed by atoms with Gasteiger partial charge in [0.1, 0.15) is 18.8 Å². The number of nitrogens with one attached hydrogen (secondary N) is 1. The molecule has 0 atom stereocenters. The molecule has 0 radical (unpaired) electrons. The van der Waals surface area contributed by atoms with Crippen LogP contribution in [0, 0.1) is 10.1 Å². The SMILES string of the molecule is O=C(NCC1(c2ccccc2)CCC1)c1cc2c(cc1[N+](=O)[O-])OCCO2. The Kier molecular flexibility index (Phi) is 4.43. The number of amides is 1. The summed E-state index contributed by atoms with van der Waals surface area (Å²) in [4.78, 5) is 23.6. The van der Waals surface area contributed by atoms with Gasteiger partial charge in [-0.25, -0.2) is 0 Å². The van der Waals surface area contributed by atoms with Gasteiger partial charge < -0.3 is 14.8 Å². The summed E-state index contributed by atoms with van der Waals surface area (Å²) in [5.74, 6) is 0.184. The second-order valence-corrected chi connectivity index (χ2v) is 6.95. The highest BCUT2D eigenvalue weighted by Crippen LogP contribution is 2.43. The maximum Gasteiger partial charge on any atom is 0.286 e. The van der Waals surface area contributed by atoms with Crippen molar-refractivity contribution in [2.45, 2.75) is 24.7 Å². The second-order valence-electron chi connectivity index (χ2n) is 6.95. The summed E-state index contributed by atoms with van der Waals surface area (Å²) in [5.41, 5.74) is 0.804. The van der Waals surface area contributed by atoms with E-state index < -0.39 is 10.8 Å². The van der Waals surface area contributed by atoms with Gasteiger partial charge in [0, 0.05) is 18.0 Å². The van der Waals surface area contributed by atoms with E-state index in [9.17, 15) is 14.9 Å². The average Bonchev–Trinajstić information content (AvgIpc) is 2.66. The Morgan fingerprint density at radius 3 is 2.37 bits per heavy atom. The predicted octanol–water partition coefficient (Wildman–Crippen LogP) is 3.22. The third kappa shape index (κ3) is 3.20. The lowest BCUT2D eigenvalue weighted by atomic mass is 9.64. The number of nitro benzene ring substituents is 1. The molecule has 0 aromatic heterocycles. The minimum atomic E-state index is -0.566. The largest absolute Gasteiger partial charge is 0.486 e. The number of hydrogen-bond donors (Lipinski definition) is 1. The van der Waals surface area contributed by atoms with E-state index in [0.717, 1.165) is 19.3 Å². The summed E-state index contributed by atoms with van der Waals surface area (Å²) in [6.45, 7) is 1.12. The molecule has 1 aliphatic heterocycles. The third-order valence-corrected chi connectivity index (χ3v) is 5.39. The molecule has 1 aliphatic carbocycles. The topological polar surface area (TPSA) is 90.7 Å². The van der Waals surface area contributed by atoms with Crippen molar-refractivity contribution in [2.75, 3.05) is 19.8 Å². The first kappa shape index (κ1) is 17.3. The molecule has 0 bridgehead atoms. The lowest BCUT2D eigenvalue weighted by Gasteiger charge is -2.42. The Morgan fingerprint density at radius 1 is 1.11 bits per heavy atom. The molecule has 0 saturated heterocycles. The molecule has 7 nitrogen and oxygen atoms in total. The van der Waals surface area contributed by atoms with Crippen molar-refractivity contribution in [1.29, 1.82) is 0 Å². The Bertz CT molecular complexity index is 877. The number of nitrogens with zero attached hydrogens (tertiary/aromatic N) is 1. The van der Waals surface area contributed by atoms with Crippen molar-refractivity contribution in [3.05, 3.63) is 63.7 Å². The summed E-state index contributed by atoms with van der Waals surface area (Å²) in [6.07, 6.45) is 3.08. The van der Waals surface area contributed by atoms with Crippen LogP contribution in [0.5, 0.6) is 11.5 Å². The van der Waals surface area contributed by atoms with Crippen LogP contribution in [0.15, 0.2) is 42.5 Å². The summed E-state index contributed by atoms with van der Waals surface area (Å²) < 4.78 is 10.9. The number of rotatable bonds is 5. The number of ether oxygens (including phenoxy) is 2. The van der Waals surface area contributed by atoms with Gasteiger partial charge in [0.25, 0.3) is 11.6 Å². The summed E-state index contributed by atoms with van der Waals surface area (Å²) in [7, 11) is 0. The molecule has 2 aromatic rings. The fourth-order valence-electron chi connectivity index (χ4n) is 3.72. The highest BCUT2D eigenvalue weighted by atomic mass is 16.6. The average molecular weight is 368 g/mol. The Labute approximate surface area is 156 Å². The van der Waals surface area contributed by atoms with Crippen molar-refractivity contribution in [3.8, 4) is 11.5 Å². The minimum absolute atomic E-state index is 0.00761. The predicted molar refractivity (Wildman–Crippen MR) is 98.4 cm³/mol. The van der Waals surface area contributed by atoms with E-state index >= 15 is 0 Å². The number of carbonyl (C=O) groups excluding carboxylic acids is 1. The zero-order valence-corrected chi connectivity index (χ0v) is 14.8. The van der Waals surface area contributed by atoms with Crippen LogP contribution in [0.3, 0.4) is 0 Å². The molecule has 1 saturated carbocycles. The molecule has 1 amide bonds. The first-order chi connectivity index (χ1) is 13.1. The van der Waals surface area contributed by atoms with Gasteiger partial charge in [0.05, 0.1) is 11.0 Å².